The van der Waals surface area contributed by atoms with Crippen LogP contribution in [-0.2, 0) is 6.54 Å². The number of oxazole rings is 1. The number of anilines is 1. The molecule has 1 aromatic heterocycles. The van der Waals surface area contributed by atoms with Gasteiger partial charge in [-0.15, -0.1) is 0 Å². The number of benzene rings is 1. The van der Waals surface area contributed by atoms with Gasteiger partial charge < -0.3 is 9.32 Å². The normalized spacial score (nSPS) is 11.3. The van der Waals surface area contributed by atoms with Crippen LogP contribution in [0, 0.1) is 6.92 Å². The Morgan fingerprint density at radius 1 is 1.15 bits per heavy atom. The molecule has 0 atom stereocenters. The molecule has 0 amide bonds. The SMILES string of the molecule is Cc1ccccc1N(Cc1ncc(C(C)C)o1)C(C)C. The smallest absolute Gasteiger partial charge is 0.213 e. The Morgan fingerprint density at radius 2 is 1.85 bits per heavy atom. The first kappa shape index (κ1) is 14.6. The Kier molecular flexibility index (Phi) is 4.48. The van der Waals surface area contributed by atoms with Crippen LogP contribution in [0.2, 0.25) is 0 Å². The van der Waals surface area contributed by atoms with Crippen LogP contribution in [-0.4, -0.2) is 11.0 Å². The van der Waals surface area contributed by atoms with Gasteiger partial charge in [-0.1, -0.05) is 32.0 Å². The van der Waals surface area contributed by atoms with E-state index in [4.69, 9.17) is 4.42 Å². The third-order valence-electron chi connectivity index (χ3n) is 3.49. The van der Waals surface area contributed by atoms with E-state index < -0.39 is 0 Å². The molecule has 3 nitrogen and oxygen atoms in total. The lowest BCUT2D eigenvalue weighted by Gasteiger charge is -2.29. The van der Waals surface area contributed by atoms with E-state index in [2.05, 4.69) is 68.8 Å². The first-order valence-corrected chi connectivity index (χ1v) is 7.26. The fourth-order valence-electron chi connectivity index (χ4n) is 2.24. The van der Waals surface area contributed by atoms with E-state index in [0.717, 1.165) is 11.7 Å². The quantitative estimate of drug-likeness (QED) is 0.801. The van der Waals surface area contributed by atoms with Gasteiger partial charge in [0.1, 0.15) is 5.76 Å². The molecule has 1 aromatic carbocycles. The predicted octanol–water partition coefficient (Wildman–Crippen LogP) is 4.52. The van der Waals surface area contributed by atoms with E-state index in [1.165, 1.54) is 11.3 Å². The van der Waals surface area contributed by atoms with Crippen LogP contribution in [0.5, 0.6) is 0 Å². The number of nitrogens with zero attached hydrogens (tertiary/aromatic N) is 2. The van der Waals surface area contributed by atoms with Crippen LogP contribution in [0.4, 0.5) is 5.69 Å². The van der Waals surface area contributed by atoms with Crippen molar-refractivity contribution in [2.45, 2.75) is 53.1 Å². The van der Waals surface area contributed by atoms with Crippen molar-refractivity contribution in [1.82, 2.24) is 4.98 Å². The predicted molar refractivity (Wildman–Crippen MR) is 83.1 cm³/mol. The van der Waals surface area contributed by atoms with E-state index in [1.807, 2.05) is 6.20 Å². The highest BCUT2D eigenvalue weighted by molar-refractivity contribution is 5.53. The van der Waals surface area contributed by atoms with Gasteiger partial charge in [-0.25, -0.2) is 4.98 Å². The lowest BCUT2D eigenvalue weighted by molar-refractivity contribution is 0.430. The minimum absolute atomic E-state index is 0.377. The van der Waals surface area contributed by atoms with Gasteiger partial charge in [-0.2, -0.15) is 0 Å². The molecule has 0 N–H and O–H groups in total. The highest BCUT2D eigenvalue weighted by atomic mass is 16.4. The molecule has 2 rings (SSSR count). The lowest BCUT2D eigenvalue weighted by Crippen LogP contribution is -2.30. The van der Waals surface area contributed by atoms with Crippen molar-refractivity contribution >= 4 is 5.69 Å². The minimum Gasteiger partial charge on any atom is -0.444 e. The van der Waals surface area contributed by atoms with Crippen LogP contribution < -0.4 is 4.90 Å². The summed E-state index contributed by atoms with van der Waals surface area (Å²) in [6.07, 6.45) is 1.84. The topological polar surface area (TPSA) is 29.3 Å². The van der Waals surface area contributed by atoms with Crippen LogP contribution in [0.3, 0.4) is 0 Å². The van der Waals surface area contributed by atoms with Gasteiger partial charge in [-0.05, 0) is 32.4 Å². The van der Waals surface area contributed by atoms with Crippen molar-refractivity contribution < 1.29 is 4.42 Å². The van der Waals surface area contributed by atoms with Gasteiger partial charge in [0.05, 0.1) is 12.7 Å². The summed E-state index contributed by atoms with van der Waals surface area (Å²) in [5.74, 6) is 2.11. The number of aryl methyl sites for hydroxylation is 1. The Balaban J connectivity index is 2.24. The highest BCUT2D eigenvalue weighted by Gasteiger charge is 2.16. The third kappa shape index (κ3) is 3.21. The molecule has 0 saturated carbocycles. The summed E-state index contributed by atoms with van der Waals surface area (Å²) in [4.78, 5) is 6.73. The second-order valence-corrected chi connectivity index (χ2v) is 5.82. The Morgan fingerprint density at radius 3 is 2.40 bits per heavy atom. The maximum Gasteiger partial charge on any atom is 0.213 e. The summed E-state index contributed by atoms with van der Waals surface area (Å²) in [6, 6.07) is 8.83. The van der Waals surface area contributed by atoms with Crippen LogP contribution in [0.25, 0.3) is 0 Å². The molecular formula is C17H24N2O. The van der Waals surface area contributed by atoms with Crippen molar-refractivity contribution in [2.75, 3.05) is 4.90 Å². The summed E-state index contributed by atoms with van der Waals surface area (Å²) in [5.41, 5.74) is 2.52. The number of hydrogen-bond donors (Lipinski definition) is 0. The van der Waals surface area contributed by atoms with Crippen molar-refractivity contribution in [3.63, 3.8) is 0 Å². The molecule has 0 saturated heterocycles. The Labute approximate surface area is 121 Å². The zero-order chi connectivity index (χ0) is 14.7. The van der Waals surface area contributed by atoms with Gasteiger partial charge >= 0.3 is 0 Å². The second kappa shape index (κ2) is 6.12. The zero-order valence-corrected chi connectivity index (χ0v) is 13.1. The summed E-state index contributed by atoms with van der Waals surface area (Å²) in [6.45, 7) is 11.5. The van der Waals surface area contributed by atoms with Gasteiger partial charge in [0.15, 0.2) is 0 Å². The van der Waals surface area contributed by atoms with Gasteiger partial charge in [0, 0.05) is 17.6 Å². The monoisotopic (exact) mass is 272 g/mol. The first-order chi connectivity index (χ1) is 9.49. The fourth-order valence-corrected chi connectivity index (χ4v) is 2.24. The third-order valence-corrected chi connectivity index (χ3v) is 3.49. The maximum absolute atomic E-state index is 5.83. The molecule has 0 unspecified atom stereocenters. The molecule has 0 bridgehead atoms. The summed E-state index contributed by atoms with van der Waals surface area (Å²) >= 11 is 0. The molecule has 2 aromatic rings. The van der Waals surface area contributed by atoms with E-state index in [0.29, 0.717) is 18.5 Å². The molecule has 20 heavy (non-hydrogen) atoms. The zero-order valence-electron chi connectivity index (χ0n) is 13.1. The molecule has 0 aliphatic rings. The van der Waals surface area contributed by atoms with Crippen LogP contribution >= 0.6 is 0 Å². The van der Waals surface area contributed by atoms with E-state index in [9.17, 15) is 0 Å². The molecule has 108 valence electrons. The van der Waals surface area contributed by atoms with Crippen molar-refractivity contribution in [3.8, 4) is 0 Å². The second-order valence-electron chi connectivity index (χ2n) is 5.82. The van der Waals surface area contributed by atoms with E-state index in [-0.39, 0.29) is 0 Å². The number of aromatic nitrogens is 1. The molecular weight excluding hydrogens is 248 g/mol. The summed E-state index contributed by atoms with van der Waals surface area (Å²) < 4.78 is 5.83. The fraction of sp³-hybridized carbons (Fsp3) is 0.471. The van der Waals surface area contributed by atoms with Gasteiger partial charge in [-0.3, -0.25) is 0 Å². The maximum atomic E-state index is 5.83. The Hall–Kier alpha value is -1.77. The van der Waals surface area contributed by atoms with Crippen LogP contribution in [0.1, 0.15) is 50.8 Å². The average molecular weight is 272 g/mol. The molecule has 0 spiro atoms. The molecule has 0 radical (unpaired) electrons. The number of para-hydroxylation sites is 1. The summed E-state index contributed by atoms with van der Waals surface area (Å²) in [7, 11) is 0. The van der Waals surface area contributed by atoms with Crippen molar-refractivity contribution in [1.29, 1.82) is 0 Å². The summed E-state index contributed by atoms with van der Waals surface area (Å²) in [5, 5.41) is 0. The van der Waals surface area contributed by atoms with Crippen molar-refractivity contribution in [2.24, 2.45) is 0 Å². The minimum atomic E-state index is 0.377. The molecule has 3 heteroatoms. The van der Waals surface area contributed by atoms with E-state index >= 15 is 0 Å². The average Bonchev–Trinajstić information content (AvgIpc) is 2.85. The van der Waals surface area contributed by atoms with E-state index in [1.54, 1.807) is 0 Å². The highest BCUT2D eigenvalue weighted by Crippen LogP contribution is 2.24. The van der Waals surface area contributed by atoms with Gasteiger partial charge in [0.2, 0.25) is 5.89 Å². The standard InChI is InChI=1S/C17H24N2O/c1-12(2)16-10-18-17(20-16)11-19(13(3)4)15-9-7-6-8-14(15)5/h6-10,12-13H,11H2,1-5H3. The molecule has 0 aliphatic carbocycles. The lowest BCUT2D eigenvalue weighted by atomic mass is 10.1. The Bertz CT molecular complexity index is 558. The van der Waals surface area contributed by atoms with Crippen molar-refractivity contribution in [3.05, 3.63) is 47.7 Å². The first-order valence-electron chi connectivity index (χ1n) is 7.26. The number of hydrogen-bond acceptors (Lipinski definition) is 3. The molecule has 0 fully saturated rings. The molecule has 0 aliphatic heterocycles. The van der Waals surface area contributed by atoms with Crippen LogP contribution in [0.15, 0.2) is 34.9 Å². The van der Waals surface area contributed by atoms with Gasteiger partial charge in [0.25, 0.3) is 0 Å². The largest absolute Gasteiger partial charge is 0.444 e. The number of rotatable bonds is 5. The molecule has 1 heterocycles.